The van der Waals surface area contributed by atoms with Crippen LogP contribution in [0.3, 0.4) is 0 Å². The van der Waals surface area contributed by atoms with Gasteiger partial charge in [0.15, 0.2) is 0 Å². The van der Waals surface area contributed by atoms with E-state index in [2.05, 4.69) is 134 Å². The van der Waals surface area contributed by atoms with E-state index in [1.807, 2.05) is 0 Å². The Bertz CT molecular complexity index is 1610. The zero-order valence-corrected chi connectivity index (χ0v) is 50.7. The van der Waals surface area contributed by atoms with Gasteiger partial charge in [-0.2, -0.15) is 30.1 Å². The predicted molar refractivity (Wildman–Crippen MR) is 303 cm³/mol. The van der Waals surface area contributed by atoms with E-state index in [9.17, 15) is 0 Å². The number of hydrogen-bond donors (Lipinski definition) is 0. The van der Waals surface area contributed by atoms with Crippen molar-refractivity contribution in [1.82, 2.24) is 30.1 Å². The maximum Gasteiger partial charge on any atom is 0.256 e. The molecule has 0 unspecified atom stereocenters. The monoisotopic (exact) mass is 1050 g/mol. The third-order valence-electron chi connectivity index (χ3n) is 17.5. The van der Waals surface area contributed by atoms with Crippen LogP contribution >= 0.6 is 0 Å². The van der Waals surface area contributed by atoms with Crippen LogP contribution in [0.2, 0.25) is 0 Å². The summed E-state index contributed by atoms with van der Waals surface area (Å²) in [6, 6.07) is -0.205. The van der Waals surface area contributed by atoms with Gasteiger partial charge in [-0.3, -0.25) is 29.0 Å². The number of nitrogens with zero attached hydrogens (tertiary/aromatic N) is 9. The zero-order chi connectivity index (χ0) is 54.2. The highest BCUT2D eigenvalue weighted by Gasteiger charge is 2.54. The van der Waals surface area contributed by atoms with Crippen LogP contribution in [-0.4, -0.2) is 120 Å². The zero-order valence-electron chi connectivity index (χ0n) is 50.7. The molecule has 1 aromatic rings. The third kappa shape index (κ3) is 15.5. The van der Waals surface area contributed by atoms with Gasteiger partial charge >= 0.3 is 0 Å². The number of piperidine rings is 3. The molecule has 432 valence electrons. The standard InChI is InChI=1S/C60H111N9O6/c1-16-19-37-70-64(46-40-55(4,5)67(56(6,7)41-46)73-49-31-25-22-26-32-49)52-61-53(65(71-38-20-17-2)47-42-57(8,9)68(58(10,11)43-47)74-50-33-27-23-28-34-50)63-54(62-52)66(72-39-21-18-3)48-44-59(12,13)69(60(14,15)45-48)75-51-35-29-24-30-36-51/h46-51H,16-45H2,1-15H3. The highest BCUT2D eigenvalue weighted by Crippen LogP contribution is 2.47. The lowest BCUT2D eigenvalue weighted by molar-refractivity contribution is -0.311. The minimum atomic E-state index is -0.310. The molecule has 0 radical (unpaired) electrons. The molecule has 6 aliphatic rings. The molecule has 7 rings (SSSR count). The summed E-state index contributed by atoms with van der Waals surface area (Å²) in [5.41, 5.74) is -1.86. The summed E-state index contributed by atoms with van der Waals surface area (Å²) in [5.74, 6) is 1.47. The second kappa shape index (κ2) is 26.1. The molecule has 0 N–H and O–H groups in total. The van der Waals surface area contributed by atoms with Gasteiger partial charge in [0, 0.05) is 33.2 Å². The molecule has 15 heteroatoms. The molecule has 6 fully saturated rings. The van der Waals surface area contributed by atoms with E-state index in [1.54, 1.807) is 0 Å². The lowest BCUT2D eigenvalue weighted by atomic mass is 9.78. The van der Waals surface area contributed by atoms with Gasteiger partial charge in [-0.05, 0) is 179 Å². The number of hydrogen-bond acceptors (Lipinski definition) is 15. The lowest BCUT2D eigenvalue weighted by Gasteiger charge is -2.56. The molecule has 0 bridgehead atoms. The molecular weight excluding hydrogens is 943 g/mol. The summed E-state index contributed by atoms with van der Waals surface area (Å²) in [4.78, 5) is 59.2. The normalized spacial score (nSPS) is 25.6. The van der Waals surface area contributed by atoms with E-state index in [4.69, 9.17) is 44.0 Å². The number of hydroxylamine groups is 9. The van der Waals surface area contributed by atoms with Gasteiger partial charge in [0.1, 0.15) is 0 Å². The molecule has 0 atom stereocenters. The molecule has 0 amide bonds. The molecular formula is C60H111N9O6. The fourth-order valence-electron chi connectivity index (χ4n) is 14.5. The maximum atomic E-state index is 7.10. The molecule has 4 heterocycles. The number of anilines is 3. The van der Waals surface area contributed by atoms with Crippen molar-refractivity contribution in [1.29, 1.82) is 0 Å². The summed E-state index contributed by atoms with van der Waals surface area (Å²) in [6.45, 7) is 36.4. The molecule has 0 aromatic carbocycles. The van der Waals surface area contributed by atoms with Gasteiger partial charge in [-0.1, -0.05) is 97.8 Å². The van der Waals surface area contributed by atoms with Crippen molar-refractivity contribution >= 4 is 17.8 Å². The molecule has 75 heavy (non-hydrogen) atoms. The van der Waals surface area contributed by atoms with Gasteiger partial charge in [-0.15, -0.1) is 0 Å². The SMILES string of the molecule is CCCCON(c1nc(N(OCCCC)C2CC(C)(C)N(OC3CCCCC3)C(C)(C)C2)nc(N(OCCCC)C2CC(C)(C)N(OC3CCCCC3)C(C)(C)C2)n1)C1CC(C)(C)N(OC2CCCCC2)C(C)(C)C1. The maximum absolute atomic E-state index is 7.10. The average molecular weight is 1050 g/mol. The minimum Gasteiger partial charge on any atom is -0.295 e. The van der Waals surface area contributed by atoms with Crippen molar-refractivity contribution in [2.75, 3.05) is 35.0 Å². The Labute approximate surface area is 457 Å². The Hall–Kier alpha value is -1.95. The first-order valence-electron chi connectivity index (χ1n) is 30.9. The summed E-state index contributed by atoms with van der Waals surface area (Å²) in [6.07, 6.45) is 29.2. The van der Waals surface area contributed by atoms with Crippen LogP contribution in [-0.2, 0) is 29.0 Å². The summed E-state index contributed by atoms with van der Waals surface area (Å²) in [7, 11) is 0. The van der Waals surface area contributed by atoms with Gasteiger partial charge < -0.3 is 0 Å². The van der Waals surface area contributed by atoms with Gasteiger partial charge in [0.2, 0.25) is 0 Å². The fraction of sp³-hybridized carbons (Fsp3) is 0.950. The first kappa shape index (κ1) is 60.7. The smallest absolute Gasteiger partial charge is 0.256 e. The van der Waals surface area contributed by atoms with Gasteiger partial charge in [-0.25, -0.2) is 15.2 Å². The third-order valence-corrected chi connectivity index (χ3v) is 17.5. The lowest BCUT2D eigenvalue weighted by Crippen LogP contribution is -2.65. The second-order valence-electron chi connectivity index (χ2n) is 27.8. The molecule has 3 aliphatic heterocycles. The number of rotatable bonds is 24. The van der Waals surface area contributed by atoms with E-state index in [0.29, 0.717) is 37.7 Å². The van der Waals surface area contributed by atoms with E-state index >= 15 is 0 Å². The van der Waals surface area contributed by atoms with Gasteiger partial charge in [0.05, 0.1) is 56.3 Å². The fourth-order valence-corrected chi connectivity index (χ4v) is 14.5. The van der Waals surface area contributed by atoms with Crippen LogP contribution in [0, 0.1) is 0 Å². The van der Waals surface area contributed by atoms with Gasteiger partial charge in [0.25, 0.3) is 17.8 Å². The predicted octanol–water partition coefficient (Wildman–Crippen LogP) is 14.3. The number of unbranched alkanes of at least 4 members (excludes halogenated alkanes) is 3. The van der Waals surface area contributed by atoms with Crippen molar-refractivity contribution in [3.8, 4) is 0 Å². The van der Waals surface area contributed by atoms with Crippen LogP contribution in [0.5, 0.6) is 0 Å². The molecule has 1 aromatic heterocycles. The number of aromatic nitrogens is 3. The Morgan fingerprint density at radius 1 is 0.360 bits per heavy atom. The average Bonchev–Trinajstić information content (AvgIpc) is 3.35. The molecule has 15 nitrogen and oxygen atoms in total. The van der Waals surface area contributed by atoms with E-state index in [-0.39, 0.29) is 69.7 Å². The molecule has 3 aliphatic carbocycles. The summed E-state index contributed by atoms with van der Waals surface area (Å²) >= 11 is 0. The van der Waals surface area contributed by atoms with Crippen LogP contribution in [0.4, 0.5) is 17.8 Å². The van der Waals surface area contributed by atoms with Crippen molar-refractivity contribution in [3.05, 3.63) is 0 Å². The Balaban J connectivity index is 1.34. The van der Waals surface area contributed by atoms with Crippen molar-refractivity contribution < 1.29 is 29.0 Å². The Kier molecular flexibility index (Phi) is 21.1. The quantitative estimate of drug-likeness (QED) is 0.0722. The first-order valence-corrected chi connectivity index (χ1v) is 30.9. The van der Waals surface area contributed by atoms with Crippen LogP contribution in [0.1, 0.15) is 277 Å². The van der Waals surface area contributed by atoms with Crippen molar-refractivity contribution in [2.24, 2.45) is 0 Å². The van der Waals surface area contributed by atoms with Crippen LogP contribution in [0.15, 0.2) is 0 Å². The van der Waals surface area contributed by atoms with E-state index in [0.717, 1.165) is 116 Å². The topological polar surface area (TPSA) is 113 Å². The van der Waals surface area contributed by atoms with Crippen molar-refractivity contribution in [2.45, 2.75) is 347 Å². The highest BCUT2D eigenvalue weighted by molar-refractivity contribution is 5.46. The van der Waals surface area contributed by atoms with Crippen molar-refractivity contribution in [3.63, 3.8) is 0 Å². The summed E-state index contributed by atoms with van der Waals surface area (Å²) in [5, 5.41) is 13.2. The molecule has 3 saturated heterocycles. The second-order valence-corrected chi connectivity index (χ2v) is 27.8. The van der Waals surface area contributed by atoms with E-state index < -0.39 is 0 Å². The molecule has 0 spiro atoms. The minimum absolute atomic E-state index is 0.0684. The first-order chi connectivity index (χ1) is 35.5. The largest absolute Gasteiger partial charge is 0.295 e. The van der Waals surface area contributed by atoms with Crippen LogP contribution in [0.25, 0.3) is 0 Å². The Morgan fingerprint density at radius 3 is 0.773 bits per heavy atom. The summed E-state index contributed by atoms with van der Waals surface area (Å²) < 4.78 is 0. The van der Waals surface area contributed by atoms with Crippen LogP contribution < -0.4 is 15.2 Å². The Morgan fingerprint density at radius 2 is 0.573 bits per heavy atom. The molecule has 3 saturated carbocycles. The van der Waals surface area contributed by atoms with E-state index in [1.165, 1.54) is 57.8 Å². The highest BCUT2D eigenvalue weighted by atomic mass is 16.7.